The maximum absolute atomic E-state index is 6.15. The lowest BCUT2D eigenvalue weighted by atomic mass is 9.99. The second-order valence-electron chi connectivity index (χ2n) is 5.94. The van der Waals surface area contributed by atoms with Gasteiger partial charge in [-0.25, -0.2) is 4.98 Å². The summed E-state index contributed by atoms with van der Waals surface area (Å²) in [4.78, 5) is 7.09. The molecule has 0 spiro atoms. The first-order chi connectivity index (χ1) is 10.7. The number of pyridine rings is 1. The van der Waals surface area contributed by atoms with E-state index < -0.39 is 0 Å². The molecule has 2 aromatic heterocycles. The number of benzene rings is 1. The third-order valence-electron chi connectivity index (χ3n) is 4.55. The summed E-state index contributed by atoms with van der Waals surface area (Å²) < 4.78 is 2.19. The molecule has 3 aromatic rings. The van der Waals surface area contributed by atoms with Gasteiger partial charge in [-0.1, -0.05) is 12.1 Å². The number of hydrogen-bond donors (Lipinski definition) is 1. The zero-order chi connectivity index (χ0) is 15.1. The minimum Gasteiger partial charge on any atom is -0.398 e. The molecule has 3 heterocycles. The summed E-state index contributed by atoms with van der Waals surface area (Å²) in [5.74, 6) is 0. The Kier molecular flexibility index (Phi) is 3.03. The fourth-order valence-electron chi connectivity index (χ4n) is 3.43. The van der Waals surface area contributed by atoms with Gasteiger partial charge in [0.2, 0.25) is 0 Å². The minimum absolute atomic E-state index is 0.869. The SMILES string of the molecule is Cc1nc2ccccn2c1CN1CCCc2c(N)cccc21. The number of anilines is 2. The van der Waals surface area contributed by atoms with E-state index in [0.29, 0.717) is 0 Å². The molecule has 1 aromatic carbocycles. The van der Waals surface area contributed by atoms with Gasteiger partial charge in [-0.15, -0.1) is 0 Å². The first-order valence-electron chi connectivity index (χ1n) is 7.79. The second-order valence-corrected chi connectivity index (χ2v) is 5.94. The highest BCUT2D eigenvalue weighted by molar-refractivity contribution is 5.66. The van der Waals surface area contributed by atoms with Gasteiger partial charge < -0.3 is 15.0 Å². The molecule has 0 unspecified atom stereocenters. The summed E-state index contributed by atoms with van der Waals surface area (Å²) >= 11 is 0. The van der Waals surface area contributed by atoms with E-state index >= 15 is 0 Å². The van der Waals surface area contributed by atoms with Gasteiger partial charge in [0.05, 0.1) is 17.9 Å². The molecule has 0 aliphatic carbocycles. The Morgan fingerprint density at radius 3 is 3.00 bits per heavy atom. The van der Waals surface area contributed by atoms with E-state index in [1.807, 2.05) is 18.2 Å². The molecule has 0 amide bonds. The highest BCUT2D eigenvalue weighted by Gasteiger charge is 2.20. The average molecular weight is 292 g/mol. The van der Waals surface area contributed by atoms with Crippen LogP contribution in [0.15, 0.2) is 42.6 Å². The zero-order valence-corrected chi connectivity index (χ0v) is 12.8. The molecule has 4 rings (SSSR count). The molecule has 4 nitrogen and oxygen atoms in total. The predicted molar refractivity (Wildman–Crippen MR) is 90.2 cm³/mol. The summed E-state index contributed by atoms with van der Waals surface area (Å²) in [6, 6.07) is 12.4. The van der Waals surface area contributed by atoms with E-state index in [4.69, 9.17) is 5.73 Å². The van der Waals surface area contributed by atoms with Crippen LogP contribution in [0, 0.1) is 6.92 Å². The quantitative estimate of drug-likeness (QED) is 0.738. The van der Waals surface area contributed by atoms with Crippen molar-refractivity contribution < 1.29 is 0 Å². The third-order valence-corrected chi connectivity index (χ3v) is 4.55. The molecular formula is C18H20N4. The molecule has 0 saturated heterocycles. The monoisotopic (exact) mass is 292 g/mol. The van der Waals surface area contributed by atoms with E-state index in [0.717, 1.165) is 43.0 Å². The standard InChI is InChI=1S/C18H20N4/c1-13-17(22-11-3-2-9-18(22)20-13)12-21-10-5-6-14-15(19)7-4-8-16(14)21/h2-4,7-9,11H,5-6,10,12,19H2,1H3. The third kappa shape index (κ3) is 2.03. The van der Waals surface area contributed by atoms with Crippen LogP contribution in [0.1, 0.15) is 23.4 Å². The van der Waals surface area contributed by atoms with Crippen LogP contribution < -0.4 is 10.6 Å². The van der Waals surface area contributed by atoms with E-state index in [1.165, 1.54) is 16.9 Å². The van der Waals surface area contributed by atoms with Gasteiger partial charge in [0.25, 0.3) is 0 Å². The number of hydrogen-bond acceptors (Lipinski definition) is 3. The molecule has 0 fully saturated rings. The maximum atomic E-state index is 6.15. The van der Waals surface area contributed by atoms with Crippen LogP contribution in [0.5, 0.6) is 0 Å². The van der Waals surface area contributed by atoms with Gasteiger partial charge in [0.1, 0.15) is 5.65 Å². The smallest absolute Gasteiger partial charge is 0.137 e. The molecule has 2 N–H and O–H groups in total. The van der Waals surface area contributed by atoms with Crippen LogP contribution in [-0.4, -0.2) is 15.9 Å². The molecule has 22 heavy (non-hydrogen) atoms. The number of nitrogen functional groups attached to an aromatic ring is 1. The average Bonchev–Trinajstić information content (AvgIpc) is 2.84. The molecule has 112 valence electrons. The van der Waals surface area contributed by atoms with Crippen LogP contribution in [0.2, 0.25) is 0 Å². The fraction of sp³-hybridized carbons (Fsp3) is 0.278. The van der Waals surface area contributed by atoms with Crippen molar-refractivity contribution in [3.05, 3.63) is 59.5 Å². The number of imidazole rings is 1. The number of rotatable bonds is 2. The normalized spacial score (nSPS) is 14.3. The Labute approximate surface area is 130 Å². The van der Waals surface area contributed by atoms with Crippen molar-refractivity contribution in [2.45, 2.75) is 26.3 Å². The molecule has 1 aliphatic rings. The summed E-state index contributed by atoms with van der Waals surface area (Å²) in [5, 5.41) is 0. The number of aromatic nitrogens is 2. The Hall–Kier alpha value is -2.49. The Morgan fingerprint density at radius 1 is 1.18 bits per heavy atom. The number of fused-ring (bicyclic) bond motifs is 2. The fourth-order valence-corrected chi connectivity index (χ4v) is 3.43. The molecule has 0 bridgehead atoms. The molecular weight excluding hydrogens is 272 g/mol. The van der Waals surface area contributed by atoms with E-state index in [1.54, 1.807) is 0 Å². The zero-order valence-electron chi connectivity index (χ0n) is 12.8. The van der Waals surface area contributed by atoms with Gasteiger partial charge in [-0.05, 0) is 49.6 Å². The lowest BCUT2D eigenvalue weighted by Gasteiger charge is -2.32. The second kappa shape index (κ2) is 5.05. The molecule has 0 saturated carbocycles. The minimum atomic E-state index is 0.869. The Bertz CT molecular complexity index is 834. The largest absolute Gasteiger partial charge is 0.398 e. The van der Waals surface area contributed by atoms with Crippen molar-refractivity contribution in [2.24, 2.45) is 0 Å². The topological polar surface area (TPSA) is 46.6 Å². The van der Waals surface area contributed by atoms with Crippen LogP contribution >= 0.6 is 0 Å². The van der Waals surface area contributed by atoms with E-state index in [9.17, 15) is 0 Å². The first-order valence-corrected chi connectivity index (χ1v) is 7.79. The van der Waals surface area contributed by atoms with Crippen molar-refractivity contribution >= 4 is 17.0 Å². The Morgan fingerprint density at radius 2 is 2.09 bits per heavy atom. The van der Waals surface area contributed by atoms with Gasteiger partial charge in [0.15, 0.2) is 0 Å². The molecule has 4 heteroatoms. The maximum Gasteiger partial charge on any atom is 0.137 e. The Balaban J connectivity index is 1.76. The van der Waals surface area contributed by atoms with Crippen molar-refractivity contribution in [3.8, 4) is 0 Å². The highest BCUT2D eigenvalue weighted by atomic mass is 15.2. The highest BCUT2D eigenvalue weighted by Crippen LogP contribution is 2.32. The van der Waals surface area contributed by atoms with Crippen molar-refractivity contribution in [3.63, 3.8) is 0 Å². The van der Waals surface area contributed by atoms with Crippen molar-refractivity contribution in [1.82, 2.24) is 9.38 Å². The van der Waals surface area contributed by atoms with Gasteiger partial charge in [0, 0.05) is 24.1 Å². The summed E-state index contributed by atoms with van der Waals surface area (Å²) in [6.45, 7) is 4.02. The summed E-state index contributed by atoms with van der Waals surface area (Å²) in [5.41, 5.74) is 13.0. The molecule has 1 aliphatic heterocycles. The molecule has 0 atom stereocenters. The van der Waals surface area contributed by atoms with Crippen LogP contribution in [0.4, 0.5) is 11.4 Å². The van der Waals surface area contributed by atoms with Crippen molar-refractivity contribution in [1.29, 1.82) is 0 Å². The number of nitrogens with two attached hydrogens (primary N) is 1. The van der Waals surface area contributed by atoms with E-state index in [2.05, 4.69) is 45.6 Å². The lowest BCUT2D eigenvalue weighted by molar-refractivity contribution is 0.681. The summed E-state index contributed by atoms with van der Waals surface area (Å²) in [7, 11) is 0. The summed E-state index contributed by atoms with van der Waals surface area (Å²) in [6.07, 6.45) is 4.32. The number of aryl methyl sites for hydroxylation is 1. The van der Waals surface area contributed by atoms with Gasteiger partial charge in [-0.2, -0.15) is 0 Å². The van der Waals surface area contributed by atoms with Crippen LogP contribution in [0.25, 0.3) is 5.65 Å². The van der Waals surface area contributed by atoms with Gasteiger partial charge >= 0.3 is 0 Å². The lowest BCUT2D eigenvalue weighted by Crippen LogP contribution is -2.30. The van der Waals surface area contributed by atoms with Gasteiger partial charge in [-0.3, -0.25) is 0 Å². The predicted octanol–water partition coefficient (Wildman–Crippen LogP) is 3.18. The number of nitrogens with zero attached hydrogens (tertiary/aromatic N) is 3. The van der Waals surface area contributed by atoms with Crippen LogP contribution in [-0.2, 0) is 13.0 Å². The van der Waals surface area contributed by atoms with Crippen LogP contribution in [0.3, 0.4) is 0 Å². The van der Waals surface area contributed by atoms with Crippen molar-refractivity contribution in [2.75, 3.05) is 17.2 Å². The molecule has 0 radical (unpaired) electrons. The first kappa shape index (κ1) is 13.2. The van der Waals surface area contributed by atoms with E-state index in [-0.39, 0.29) is 0 Å².